The topological polar surface area (TPSA) is 78.5 Å². The summed E-state index contributed by atoms with van der Waals surface area (Å²) in [7, 11) is 0.249. The molecule has 1 rings (SSSR count). The van der Waals surface area contributed by atoms with Crippen molar-refractivity contribution < 1.29 is 13.2 Å². The predicted octanol–water partition coefficient (Wildman–Crippen LogP) is 0.795. The number of rotatable bonds is 8. The minimum atomic E-state index is -3.66. The van der Waals surface area contributed by atoms with Gasteiger partial charge in [0.15, 0.2) is 0 Å². The smallest absolute Gasteiger partial charge is 0.241 e. The minimum Gasteiger partial charge on any atom is -0.355 e. The summed E-state index contributed by atoms with van der Waals surface area (Å²) >= 11 is 3.24. The average Bonchev–Trinajstić information content (AvgIpc) is 2.42. The highest BCUT2D eigenvalue weighted by molar-refractivity contribution is 9.10. The average molecular weight is 378 g/mol. The van der Waals surface area contributed by atoms with E-state index >= 15 is 0 Å². The first-order chi connectivity index (χ1) is 9.81. The molecule has 0 aromatic heterocycles. The third kappa shape index (κ3) is 7.03. The summed E-state index contributed by atoms with van der Waals surface area (Å²) in [4.78, 5) is 13.7. The number of hydrogen-bond donors (Lipinski definition) is 2. The fourth-order valence-electron chi connectivity index (χ4n) is 1.54. The van der Waals surface area contributed by atoms with Gasteiger partial charge in [-0.05, 0) is 51.3 Å². The molecule has 0 aliphatic rings. The monoisotopic (exact) mass is 377 g/mol. The Kier molecular flexibility index (Phi) is 7.30. The molecule has 0 spiro atoms. The van der Waals surface area contributed by atoms with Crippen LogP contribution < -0.4 is 10.0 Å². The minimum absolute atomic E-state index is 0.131. The van der Waals surface area contributed by atoms with Crippen molar-refractivity contribution in [2.45, 2.75) is 11.3 Å². The zero-order chi connectivity index (χ0) is 15.9. The Morgan fingerprint density at radius 3 is 2.43 bits per heavy atom. The van der Waals surface area contributed by atoms with Crippen molar-refractivity contribution in [1.29, 1.82) is 0 Å². The first-order valence-electron chi connectivity index (χ1n) is 6.48. The lowest BCUT2D eigenvalue weighted by molar-refractivity contribution is -0.119. The second-order valence-corrected chi connectivity index (χ2v) is 7.47. The van der Waals surface area contributed by atoms with Crippen LogP contribution in [0.1, 0.15) is 6.42 Å². The molecule has 0 bridgehead atoms. The number of carbonyl (C=O) groups is 1. The van der Waals surface area contributed by atoms with E-state index in [4.69, 9.17) is 0 Å². The molecule has 1 aromatic carbocycles. The van der Waals surface area contributed by atoms with Crippen LogP contribution in [0.2, 0.25) is 0 Å². The lowest BCUT2D eigenvalue weighted by atomic mass is 10.4. The Morgan fingerprint density at radius 1 is 1.24 bits per heavy atom. The molecule has 0 aliphatic heterocycles. The summed E-state index contributed by atoms with van der Waals surface area (Å²) < 4.78 is 27.0. The van der Waals surface area contributed by atoms with Crippen LogP contribution in [0.3, 0.4) is 0 Å². The Bertz CT molecular complexity index is 559. The van der Waals surface area contributed by atoms with Gasteiger partial charge in [0.25, 0.3) is 0 Å². The first-order valence-corrected chi connectivity index (χ1v) is 8.75. The van der Waals surface area contributed by atoms with Crippen LogP contribution in [-0.2, 0) is 14.8 Å². The van der Waals surface area contributed by atoms with Crippen LogP contribution in [-0.4, -0.2) is 53.0 Å². The van der Waals surface area contributed by atoms with E-state index in [0.717, 1.165) is 17.4 Å². The summed E-state index contributed by atoms with van der Waals surface area (Å²) in [6.07, 6.45) is 0.818. The molecule has 0 aliphatic carbocycles. The molecule has 0 heterocycles. The van der Waals surface area contributed by atoms with Crippen LogP contribution in [0.5, 0.6) is 0 Å². The molecule has 0 saturated heterocycles. The summed E-state index contributed by atoms with van der Waals surface area (Å²) in [5.74, 6) is -0.338. The lowest BCUT2D eigenvalue weighted by Crippen LogP contribution is -2.37. The molecule has 0 radical (unpaired) electrons. The number of carbonyl (C=O) groups excluding carboxylic acids is 1. The summed E-state index contributed by atoms with van der Waals surface area (Å²) in [6.45, 7) is 1.13. The van der Waals surface area contributed by atoms with E-state index in [1.807, 2.05) is 19.0 Å². The van der Waals surface area contributed by atoms with Gasteiger partial charge >= 0.3 is 0 Å². The molecule has 6 nitrogen and oxygen atoms in total. The standard InChI is InChI=1S/C13H20BrN3O3S/c1-17(2)9-3-8-15-13(18)10-16-21(19,20)12-6-4-11(14)5-7-12/h4-7,16H,3,8-10H2,1-2H3,(H,15,18). The van der Waals surface area contributed by atoms with Gasteiger partial charge in [-0.2, -0.15) is 0 Å². The highest BCUT2D eigenvalue weighted by Crippen LogP contribution is 2.14. The number of amides is 1. The number of nitrogens with zero attached hydrogens (tertiary/aromatic N) is 1. The molecule has 0 unspecified atom stereocenters. The molecular weight excluding hydrogens is 358 g/mol. The van der Waals surface area contributed by atoms with Crippen molar-refractivity contribution >= 4 is 31.9 Å². The van der Waals surface area contributed by atoms with Gasteiger partial charge in [0, 0.05) is 11.0 Å². The molecule has 1 amide bonds. The summed E-state index contributed by atoms with van der Waals surface area (Å²) in [5, 5.41) is 2.67. The maximum absolute atomic E-state index is 12.0. The van der Waals surface area contributed by atoms with E-state index < -0.39 is 10.0 Å². The van der Waals surface area contributed by atoms with Crippen LogP contribution >= 0.6 is 15.9 Å². The van der Waals surface area contributed by atoms with Crippen molar-refractivity contribution in [3.63, 3.8) is 0 Å². The van der Waals surface area contributed by atoms with E-state index in [0.29, 0.717) is 6.54 Å². The fourth-order valence-corrected chi connectivity index (χ4v) is 2.79. The van der Waals surface area contributed by atoms with Crippen LogP contribution in [0.15, 0.2) is 33.6 Å². The summed E-state index contributed by atoms with van der Waals surface area (Å²) in [5.41, 5.74) is 0. The van der Waals surface area contributed by atoms with Crippen LogP contribution in [0, 0.1) is 0 Å². The fraction of sp³-hybridized carbons (Fsp3) is 0.462. The zero-order valence-electron chi connectivity index (χ0n) is 12.1. The Balaban J connectivity index is 2.39. The zero-order valence-corrected chi connectivity index (χ0v) is 14.5. The predicted molar refractivity (Wildman–Crippen MR) is 85.5 cm³/mol. The third-order valence-electron chi connectivity index (χ3n) is 2.65. The van der Waals surface area contributed by atoms with Gasteiger partial charge in [0.1, 0.15) is 0 Å². The molecule has 1 aromatic rings. The Hall–Kier alpha value is -0.960. The highest BCUT2D eigenvalue weighted by Gasteiger charge is 2.14. The third-order valence-corrected chi connectivity index (χ3v) is 4.60. The number of hydrogen-bond acceptors (Lipinski definition) is 4. The number of benzene rings is 1. The van der Waals surface area contributed by atoms with Gasteiger partial charge in [-0.15, -0.1) is 0 Å². The maximum Gasteiger partial charge on any atom is 0.241 e. The second kappa shape index (κ2) is 8.47. The Labute approximate surface area is 134 Å². The van der Waals surface area contributed by atoms with E-state index in [1.54, 1.807) is 12.1 Å². The SMILES string of the molecule is CN(C)CCCNC(=O)CNS(=O)(=O)c1ccc(Br)cc1. The highest BCUT2D eigenvalue weighted by atomic mass is 79.9. The first kappa shape index (κ1) is 18.1. The molecule has 0 atom stereocenters. The van der Waals surface area contributed by atoms with Gasteiger partial charge in [-0.25, -0.2) is 13.1 Å². The van der Waals surface area contributed by atoms with Crippen molar-refractivity contribution in [2.75, 3.05) is 33.7 Å². The van der Waals surface area contributed by atoms with Gasteiger partial charge in [0.2, 0.25) is 15.9 Å². The van der Waals surface area contributed by atoms with Crippen LogP contribution in [0.4, 0.5) is 0 Å². The van der Waals surface area contributed by atoms with Crippen molar-refractivity contribution in [3.05, 3.63) is 28.7 Å². The molecule has 0 saturated carbocycles. The normalized spacial score (nSPS) is 11.6. The maximum atomic E-state index is 12.0. The van der Waals surface area contributed by atoms with Crippen molar-refractivity contribution in [1.82, 2.24) is 14.9 Å². The molecule has 8 heteroatoms. The summed E-state index contributed by atoms with van der Waals surface area (Å²) in [6, 6.07) is 6.22. The van der Waals surface area contributed by atoms with E-state index in [-0.39, 0.29) is 17.3 Å². The van der Waals surface area contributed by atoms with Gasteiger partial charge < -0.3 is 10.2 Å². The van der Waals surface area contributed by atoms with E-state index in [1.165, 1.54) is 12.1 Å². The molecule has 118 valence electrons. The number of halogens is 1. The lowest BCUT2D eigenvalue weighted by Gasteiger charge is -2.10. The largest absolute Gasteiger partial charge is 0.355 e. The number of nitrogens with one attached hydrogen (secondary N) is 2. The van der Waals surface area contributed by atoms with Crippen LogP contribution in [0.25, 0.3) is 0 Å². The van der Waals surface area contributed by atoms with Gasteiger partial charge in [0.05, 0.1) is 11.4 Å². The number of sulfonamides is 1. The van der Waals surface area contributed by atoms with Crippen molar-refractivity contribution in [3.8, 4) is 0 Å². The quantitative estimate of drug-likeness (QED) is 0.656. The molecule has 2 N–H and O–H groups in total. The molecule has 0 fully saturated rings. The van der Waals surface area contributed by atoms with E-state index in [2.05, 4.69) is 26.0 Å². The second-order valence-electron chi connectivity index (χ2n) is 4.79. The molecule has 21 heavy (non-hydrogen) atoms. The van der Waals surface area contributed by atoms with E-state index in [9.17, 15) is 13.2 Å². The molecular formula is C13H20BrN3O3S. The Morgan fingerprint density at radius 2 is 1.86 bits per heavy atom. The van der Waals surface area contributed by atoms with Gasteiger partial charge in [-0.1, -0.05) is 15.9 Å². The van der Waals surface area contributed by atoms with Crippen molar-refractivity contribution in [2.24, 2.45) is 0 Å². The van der Waals surface area contributed by atoms with Gasteiger partial charge in [-0.3, -0.25) is 4.79 Å².